The van der Waals surface area contributed by atoms with Crippen LogP contribution in [0, 0.1) is 0 Å². The van der Waals surface area contributed by atoms with Crippen LogP contribution in [0.3, 0.4) is 0 Å². The van der Waals surface area contributed by atoms with E-state index in [1.54, 1.807) is 24.5 Å². The molecular formula is C14H15N3O4. The fourth-order valence-electron chi connectivity index (χ4n) is 1.74. The van der Waals surface area contributed by atoms with Crippen LogP contribution in [0.15, 0.2) is 18.5 Å². The number of nitrogens with one attached hydrogen (secondary N) is 1. The maximum absolute atomic E-state index is 11.9. The minimum atomic E-state index is -0.541. The smallest absolute Gasteiger partial charge is 0.343 e. The van der Waals surface area contributed by atoms with Gasteiger partial charge in [0.2, 0.25) is 5.88 Å². The molecule has 21 heavy (non-hydrogen) atoms. The van der Waals surface area contributed by atoms with Gasteiger partial charge in [0.25, 0.3) is 0 Å². The number of aromatic amines is 1. The summed E-state index contributed by atoms with van der Waals surface area (Å²) in [4.78, 5) is 23.2. The van der Waals surface area contributed by atoms with Crippen molar-refractivity contribution in [2.75, 3.05) is 21.3 Å². The average molecular weight is 289 g/mol. The van der Waals surface area contributed by atoms with Crippen molar-refractivity contribution in [3.63, 3.8) is 0 Å². The Balaban J connectivity index is 2.52. The lowest BCUT2D eigenvalue weighted by Crippen LogP contribution is -2.09. The molecule has 2 aromatic rings. The molecule has 110 valence electrons. The van der Waals surface area contributed by atoms with Gasteiger partial charge in [0, 0.05) is 18.5 Å². The molecule has 0 bridgehead atoms. The summed E-state index contributed by atoms with van der Waals surface area (Å²) >= 11 is 0. The van der Waals surface area contributed by atoms with Gasteiger partial charge in [-0.1, -0.05) is 0 Å². The number of hydrogen-bond donors (Lipinski definition) is 1. The van der Waals surface area contributed by atoms with E-state index in [1.807, 2.05) is 0 Å². The first kappa shape index (κ1) is 14.6. The van der Waals surface area contributed by atoms with Crippen molar-refractivity contribution in [2.45, 2.75) is 0 Å². The Morgan fingerprint density at radius 3 is 2.62 bits per heavy atom. The topological polar surface area (TPSA) is 86.3 Å². The van der Waals surface area contributed by atoms with Crippen LogP contribution >= 0.6 is 0 Å². The molecule has 7 heteroatoms. The number of nitrogens with zero attached hydrogens (tertiary/aromatic N) is 2. The van der Waals surface area contributed by atoms with Crippen LogP contribution in [0.1, 0.15) is 21.9 Å². The Hall–Kier alpha value is -2.83. The summed E-state index contributed by atoms with van der Waals surface area (Å²) in [5, 5.41) is 0. The Morgan fingerprint density at radius 1 is 1.24 bits per heavy atom. The van der Waals surface area contributed by atoms with Crippen LogP contribution in [-0.2, 0) is 4.74 Å². The fourth-order valence-corrected chi connectivity index (χ4v) is 1.74. The molecule has 2 aromatic heterocycles. The minimum absolute atomic E-state index is 0.226. The molecule has 2 rings (SSSR count). The highest BCUT2D eigenvalue weighted by atomic mass is 16.5. The van der Waals surface area contributed by atoms with Crippen LogP contribution < -0.4 is 9.47 Å². The lowest BCUT2D eigenvalue weighted by Gasteiger charge is -2.11. The summed E-state index contributed by atoms with van der Waals surface area (Å²) < 4.78 is 15.1. The van der Waals surface area contributed by atoms with Gasteiger partial charge in [0.15, 0.2) is 0 Å². The van der Waals surface area contributed by atoms with E-state index >= 15 is 0 Å². The number of rotatable bonds is 5. The third-order valence-corrected chi connectivity index (χ3v) is 2.72. The van der Waals surface area contributed by atoms with Crippen molar-refractivity contribution < 1.29 is 19.0 Å². The molecule has 0 aliphatic heterocycles. The molecule has 1 N–H and O–H groups in total. The average Bonchev–Trinajstić information content (AvgIpc) is 3.04. The van der Waals surface area contributed by atoms with Gasteiger partial charge in [-0.25, -0.2) is 14.8 Å². The highest BCUT2D eigenvalue weighted by molar-refractivity contribution is 5.96. The summed E-state index contributed by atoms with van der Waals surface area (Å²) in [5.41, 5.74) is 0.595. The molecular weight excluding hydrogens is 274 g/mol. The van der Waals surface area contributed by atoms with Crippen LogP contribution in [0.25, 0.3) is 12.2 Å². The quantitative estimate of drug-likeness (QED) is 0.844. The van der Waals surface area contributed by atoms with E-state index in [0.717, 1.165) is 0 Å². The molecule has 0 aromatic carbocycles. The van der Waals surface area contributed by atoms with Gasteiger partial charge in [-0.15, -0.1) is 0 Å². The van der Waals surface area contributed by atoms with Crippen molar-refractivity contribution in [2.24, 2.45) is 0 Å². The van der Waals surface area contributed by atoms with Gasteiger partial charge in [-0.3, -0.25) is 0 Å². The van der Waals surface area contributed by atoms with E-state index in [9.17, 15) is 4.79 Å². The Labute approximate surface area is 121 Å². The SMILES string of the molecule is COC(=O)c1c(OC)cc(OC)nc1/C=C\c1ncc[nH]1. The van der Waals surface area contributed by atoms with Crippen molar-refractivity contribution >= 4 is 18.1 Å². The molecule has 0 radical (unpaired) electrons. The van der Waals surface area contributed by atoms with Crippen LogP contribution in [0.4, 0.5) is 0 Å². The predicted octanol–water partition coefficient (Wildman–Crippen LogP) is 1.78. The second kappa shape index (κ2) is 6.56. The second-order valence-corrected chi connectivity index (χ2v) is 3.93. The molecule has 0 atom stereocenters. The van der Waals surface area contributed by atoms with E-state index in [2.05, 4.69) is 15.0 Å². The molecule has 7 nitrogen and oxygen atoms in total. The lowest BCUT2D eigenvalue weighted by atomic mass is 10.1. The second-order valence-electron chi connectivity index (χ2n) is 3.93. The Morgan fingerprint density at radius 2 is 2.05 bits per heavy atom. The summed E-state index contributed by atoms with van der Waals surface area (Å²) in [6.45, 7) is 0. The van der Waals surface area contributed by atoms with E-state index in [-0.39, 0.29) is 5.56 Å². The number of H-pyrrole nitrogens is 1. The number of carbonyl (C=O) groups is 1. The van der Waals surface area contributed by atoms with Crippen molar-refractivity contribution in [1.82, 2.24) is 15.0 Å². The minimum Gasteiger partial charge on any atom is -0.496 e. The summed E-state index contributed by atoms with van der Waals surface area (Å²) in [5.74, 6) is 0.752. The third kappa shape index (κ3) is 3.19. The Bertz CT molecular complexity index is 650. The number of esters is 1. The lowest BCUT2D eigenvalue weighted by molar-refractivity contribution is 0.0596. The maximum atomic E-state index is 11.9. The number of imidazole rings is 1. The number of ether oxygens (including phenoxy) is 3. The normalized spacial score (nSPS) is 10.6. The van der Waals surface area contributed by atoms with Gasteiger partial charge in [-0.2, -0.15) is 0 Å². The van der Waals surface area contributed by atoms with Crippen molar-refractivity contribution in [3.8, 4) is 11.6 Å². The number of aromatic nitrogens is 3. The molecule has 0 saturated carbocycles. The monoisotopic (exact) mass is 289 g/mol. The number of hydrogen-bond acceptors (Lipinski definition) is 6. The highest BCUT2D eigenvalue weighted by Crippen LogP contribution is 2.27. The standard InChI is InChI=1S/C14H15N3O4/c1-19-10-8-12(20-2)17-9(13(10)14(18)21-3)4-5-11-15-6-7-16-11/h4-8H,1-3H3,(H,15,16)/b5-4-. The number of pyridine rings is 1. The first-order valence-electron chi connectivity index (χ1n) is 6.08. The molecule has 0 fully saturated rings. The molecule has 0 unspecified atom stereocenters. The van der Waals surface area contributed by atoms with Crippen LogP contribution in [0.2, 0.25) is 0 Å². The van der Waals surface area contributed by atoms with E-state index < -0.39 is 5.97 Å². The largest absolute Gasteiger partial charge is 0.496 e. The van der Waals surface area contributed by atoms with Crippen LogP contribution in [-0.4, -0.2) is 42.3 Å². The van der Waals surface area contributed by atoms with Gasteiger partial charge in [0.1, 0.15) is 17.1 Å². The van der Waals surface area contributed by atoms with Gasteiger partial charge < -0.3 is 19.2 Å². The molecule has 0 aliphatic rings. The molecule has 0 amide bonds. The zero-order valence-corrected chi connectivity index (χ0v) is 11.9. The summed E-state index contributed by atoms with van der Waals surface area (Å²) in [6.07, 6.45) is 6.64. The van der Waals surface area contributed by atoms with E-state index in [4.69, 9.17) is 14.2 Å². The number of carbonyl (C=O) groups excluding carboxylic acids is 1. The maximum Gasteiger partial charge on any atom is 0.343 e. The molecule has 0 spiro atoms. The first-order valence-corrected chi connectivity index (χ1v) is 6.08. The van der Waals surface area contributed by atoms with Gasteiger partial charge in [-0.05, 0) is 12.2 Å². The zero-order chi connectivity index (χ0) is 15.2. The van der Waals surface area contributed by atoms with Crippen LogP contribution in [0.5, 0.6) is 11.6 Å². The molecule has 2 heterocycles. The van der Waals surface area contributed by atoms with Crippen molar-refractivity contribution in [1.29, 1.82) is 0 Å². The summed E-state index contributed by atoms with van der Waals surface area (Å²) in [6, 6.07) is 1.52. The van der Waals surface area contributed by atoms with Gasteiger partial charge in [0.05, 0.1) is 27.0 Å². The number of methoxy groups -OCH3 is 3. The molecule has 0 saturated heterocycles. The molecule has 0 aliphatic carbocycles. The predicted molar refractivity (Wildman–Crippen MR) is 76.2 cm³/mol. The zero-order valence-electron chi connectivity index (χ0n) is 11.9. The van der Waals surface area contributed by atoms with Crippen molar-refractivity contribution in [3.05, 3.63) is 35.5 Å². The summed E-state index contributed by atoms with van der Waals surface area (Å²) in [7, 11) is 4.24. The third-order valence-electron chi connectivity index (χ3n) is 2.72. The van der Waals surface area contributed by atoms with E-state index in [1.165, 1.54) is 27.4 Å². The Kier molecular flexibility index (Phi) is 4.55. The highest BCUT2D eigenvalue weighted by Gasteiger charge is 2.20. The van der Waals surface area contributed by atoms with Gasteiger partial charge >= 0.3 is 5.97 Å². The fraction of sp³-hybridized carbons (Fsp3) is 0.214. The first-order chi connectivity index (χ1) is 10.2. The van der Waals surface area contributed by atoms with E-state index in [0.29, 0.717) is 23.1 Å².